The smallest absolute Gasteiger partial charge is 0.423 e. The molecule has 4 heteroatoms. The van der Waals surface area contributed by atoms with Gasteiger partial charge in [-0.15, -0.1) is 0 Å². The maximum absolute atomic E-state index is 9.15. The van der Waals surface area contributed by atoms with Crippen LogP contribution in [0.5, 0.6) is 0 Å². The van der Waals surface area contributed by atoms with E-state index in [1.807, 2.05) is 13.0 Å². The molecule has 0 saturated heterocycles. The molecule has 14 heavy (non-hydrogen) atoms. The van der Waals surface area contributed by atoms with Crippen molar-refractivity contribution < 1.29 is 10.0 Å². The van der Waals surface area contributed by atoms with E-state index < -0.39 is 7.12 Å². The van der Waals surface area contributed by atoms with Gasteiger partial charge in [0.2, 0.25) is 0 Å². The third kappa shape index (κ3) is 1.39. The molecule has 2 N–H and O–H groups in total. The summed E-state index contributed by atoms with van der Waals surface area (Å²) < 4.78 is 0. The molecule has 0 radical (unpaired) electrons. The number of hydrogen-bond donors (Lipinski definition) is 2. The molecule has 0 unspecified atom stereocenters. The van der Waals surface area contributed by atoms with Gasteiger partial charge in [0.25, 0.3) is 0 Å². The Morgan fingerprint density at radius 1 is 1.14 bits per heavy atom. The first kappa shape index (κ1) is 9.18. The van der Waals surface area contributed by atoms with Crippen LogP contribution in [0.15, 0.2) is 30.5 Å². The van der Waals surface area contributed by atoms with Crippen molar-refractivity contribution in [2.75, 3.05) is 0 Å². The minimum absolute atomic E-state index is 0.521. The molecule has 0 saturated carbocycles. The zero-order valence-corrected chi connectivity index (χ0v) is 7.81. The number of aromatic nitrogens is 1. The van der Waals surface area contributed by atoms with E-state index in [1.165, 1.54) is 0 Å². The molecule has 1 heterocycles. The van der Waals surface area contributed by atoms with Crippen LogP contribution in [0.1, 0.15) is 5.69 Å². The van der Waals surface area contributed by atoms with E-state index in [1.54, 1.807) is 24.4 Å². The van der Waals surface area contributed by atoms with E-state index in [0.717, 1.165) is 16.5 Å². The fourth-order valence-electron chi connectivity index (χ4n) is 1.60. The Balaban J connectivity index is 2.81. The summed E-state index contributed by atoms with van der Waals surface area (Å²) >= 11 is 0. The number of nitrogens with zero attached hydrogens (tertiary/aromatic N) is 1. The molecular formula is C10H10BNO2. The summed E-state index contributed by atoms with van der Waals surface area (Å²) in [6.45, 7) is 1.90. The lowest BCUT2D eigenvalue weighted by Crippen LogP contribution is -2.30. The summed E-state index contributed by atoms with van der Waals surface area (Å²) in [6.07, 6.45) is 1.67. The van der Waals surface area contributed by atoms with Gasteiger partial charge in [0.1, 0.15) is 0 Å². The van der Waals surface area contributed by atoms with Crippen LogP contribution in [0.2, 0.25) is 0 Å². The van der Waals surface area contributed by atoms with Crippen LogP contribution in [0.4, 0.5) is 0 Å². The Kier molecular flexibility index (Phi) is 2.23. The summed E-state index contributed by atoms with van der Waals surface area (Å²) in [5.41, 5.74) is 1.41. The summed E-state index contributed by atoms with van der Waals surface area (Å²) in [4.78, 5) is 4.14. The lowest BCUT2D eigenvalue weighted by Gasteiger charge is -2.06. The third-order valence-corrected chi connectivity index (χ3v) is 2.32. The average Bonchev–Trinajstić information content (AvgIpc) is 2.17. The van der Waals surface area contributed by atoms with Crippen molar-refractivity contribution in [1.29, 1.82) is 0 Å². The lowest BCUT2D eigenvalue weighted by atomic mass is 9.77. The highest BCUT2D eigenvalue weighted by molar-refractivity contribution is 6.61. The molecular weight excluding hydrogens is 177 g/mol. The summed E-state index contributed by atoms with van der Waals surface area (Å²) in [5.74, 6) is 0. The van der Waals surface area contributed by atoms with E-state index in [2.05, 4.69) is 4.98 Å². The molecule has 1 aromatic heterocycles. The van der Waals surface area contributed by atoms with E-state index >= 15 is 0 Å². The Hall–Kier alpha value is -1.39. The largest absolute Gasteiger partial charge is 0.489 e. The van der Waals surface area contributed by atoms with Gasteiger partial charge >= 0.3 is 7.12 Å². The van der Waals surface area contributed by atoms with Crippen molar-refractivity contribution in [2.24, 2.45) is 0 Å². The standard InChI is InChI=1S/C10H10BNO2/c1-7-8-3-2-4-10(11(13)14)9(8)5-6-12-7/h2-6,13-14H,1H3. The second-order valence-electron chi connectivity index (χ2n) is 3.21. The molecule has 3 nitrogen and oxygen atoms in total. The molecule has 0 fully saturated rings. The lowest BCUT2D eigenvalue weighted by molar-refractivity contribution is 0.426. The van der Waals surface area contributed by atoms with Gasteiger partial charge in [0.15, 0.2) is 0 Å². The molecule has 1 aromatic carbocycles. The molecule has 0 aliphatic carbocycles. The van der Waals surface area contributed by atoms with Crippen molar-refractivity contribution in [1.82, 2.24) is 4.98 Å². The predicted octanol–water partition coefficient (Wildman–Crippen LogP) is 0.223. The fraction of sp³-hybridized carbons (Fsp3) is 0.100. The van der Waals surface area contributed by atoms with Crippen molar-refractivity contribution in [3.05, 3.63) is 36.2 Å². The minimum atomic E-state index is -1.43. The number of fused-ring (bicyclic) bond motifs is 1. The Morgan fingerprint density at radius 2 is 1.93 bits per heavy atom. The van der Waals surface area contributed by atoms with Gasteiger partial charge in [-0.05, 0) is 23.8 Å². The van der Waals surface area contributed by atoms with Gasteiger partial charge in [0, 0.05) is 17.3 Å². The molecule has 70 valence electrons. The van der Waals surface area contributed by atoms with Crippen molar-refractivity contribution in [2.45, 2.75) is 6.92 Å². The van der Waals surface area contributed by atoms with Crippen molar-refractivity contribution >= 4 is 23.4 Å². The maximum Gasteiger partial charge on any atom is 0.489 e. The van der Waals surface area contributed by atoms with Crippen LogP contribution in [0.25, 0.3) is 10.8 Å². The maximum atomic E-state index is 9.15. The van der Waals surface area contributed by atoms with Gasteiger partial charge in [0.05, 0.1) is 0 Å². The van der Waals surface area contributed by atoms with E-state index in [9.17, 15) is 0 Å². The number of pyridine rings is 1. The van der Waals surface area contributed by atoms with Crippen molar-refractivity contribution in [3.8, 4) is 0 Å². The topological polar surface area (TPSA) is 53.4 Å². The minimum Gasteiger partial charge on any atom is -0.423 e. The number of benzene rings is 1. The second-order valence-corrected chi connectivity index (χ2v) is 3.21. The van der Waals surface area contributed by atoms with Gasteiger partial charge in [-0.2, -0.15) is 0 Å². The zero-order valence-electron chi connectivity index (χ0n) is 7.81. The zero-order chi connectivity index (χ0) is 10.1. The van der Waals surface area contributed by atoms with Crippen LogP contribution in [-0.2, 0) is 0 Å². The highest BCUT2D eigenvalue weighted by atomic mass is 16.4. The number of rotatable bonds is 1. The molecule has 2 rings (SSSR count). The Morgan fingerprint density at radius 3 is 2.64 bits per heavy atom. The normalized spacial score (nSPS) is 10.5. The SMILES string of the molecule is Cc1nccc2c(B(O)O)cccc12. The van der Waals surface area contributed by atoms with Gasteiger partial charge in [-0.25, -0.2) is 0 Å². The molecule has 0 atom stereocenters. The number of hydrogen-bond acceptors (Lipinski definition) is 3. The van der Waals surface area contributed by atoms with Gasteiger partial charge in [-0.1, -0.05) is 18.2 Å². The van der Waals surface area contributed by atoms with E-state index in [4.69, 9.17) is 10.0 Å². The summed E-state index contributed by atoms with van der Waals surface area (Å²) in [6, 6.07) is 7.21. The first-order valence-corrected chi connectivity index (χ1v) is 4.40. The third-order valence-electron chi connectivity index (χ3n) is 2.32. The average molecular weight is 187 g/mol. The quantitative estimate of drug-likeness (QED) is 0.628. The summed E-state index contributed by atoms with van der Waals surface area (Å²) in [7, 11) is -1.43. The molecule has 0 aliphatic rings. The molecule has 0 spiro atoms. The Bertz CT molecular complexity index is 471. The monoisotopic (exact) mass is 187 g/mol. The van der Waals surface area contributed by atoms with Gasteiger partial charge < -0.3 is 10.0 Å². The second kappa shape index (κ2) is 3.40. The summed E-state index contributed by atoms with van der Waals surface area (Å²) in [5, 5.41) is 20.1. The van der Waals surface area contributed by atoms with Crippen LogP contribution < -0.4 is 5.46 Å². The van der Waals surface area contributed by atoms with Crippen LogP contribution in [-0.4, -0.2) is 22.2 Å². The Labute approximate surface area is 82.2 Å². The first-order chi connectivity index (χ1) is 6.70. The highest BCUT2D eigenvalue weighted by Gasteiger charge is 2.14. The predicted molar refractivity (Wildman–Crippen MR) is 56.3 cm³/mol. The molecule has 0 aliphatic heterocycles. The first-order valence-electron chi connectivity index (χ1n) is 4.40. The van der Waals surface area contributed by atoms with E-state index in [0.29, 0.717) is 5.46 Å². The fourth-order valence-corrected chi connectivity index (χ4v) is 1.60. The molecule has 0 amide bonds. The van der Waals surface area contributed by atoms with Gasteiger partial charge in [-0.3, -0.25) is 4.98 Å². The highest BCUT2D eigenvalue weighted by Crippen LogP contribution is 2.13. The van der Waals surface area contributed by atoms with Crippen LogP contribution in [0.3, 0.4) is 0 Å². The van der Waals surface area contributed by atoms with E-state index in [-0.39, 0.29) is 0 Å². The molecule has 0 bridgehead atoms. The van der Waals surface area contributed by atoms with Crippen LogP contribution in [0, 0.1) is 6.92 Å². The number of aryl methyl sites for hydroxylation is 1. The van der Waals surface area contributed by atoms with Crippen LogP contribution >= 0.6 is 0 Å². The molecule has 2 aromatic rings. The van der Waals surface area contributed by atoms with Crippen molar-refractivity contribution in [3.63, 3.8) is 0 Å².